The summed E-state index contributed by atoms with van der Waals surface area (Å²) in [5.74, 6) is 0. The van der Waals surface area contributed by atoms with Crippen molar-refractivity contribution in [1.29, 1.82) is 0 Å². The summed E-state index contributed by atoms with van der Waals surface area (Å²) >= 11 is 6.22. The Hall–Kier alpha value is -1.51. The summed E-state index contributed by atoms with van der Waals surface area (Å²) in [6, 6.07) is 14.3. The average molecular weight is 276 g/mol. The molecule has 2 nitrogen and oxygen atoms in total. The first kappa shape index (κ1) is 13.9. The Bertz CT molecular complexity index is 554. The number of nitrogens with one attached hydrogen (secondary N) is 1. The van der Waals surface area contributed by atoms with Gasteiger partial charge in [0.2, 0.25) is 0 Å². The maximum atomic E-state index is 6.22. The fourth-order valence-corrected chi connectivity index (χ4v) is 2.23. The Labute approximate surface area is 119 Å². The van der Waals surface area contributed by atoms with E-state index < -0.39 is 0 Å². The summed E-state index contributed by atoms with van der Waals surface area (Å²) in [5.41, 5.74) is 4.51. The highest BCUT2D eigenvalue weighted by Gasteiger charge is 2.01. The summed E-state index contributed by atoms with van der Waals surface area (Å²) in [5, 5.41) is 4.19. The molecular weight excluding hydrogens is 258 g/mol. The lowest BCUT2D eigenvalue weighted by atomic mass is 10.1. The molecule has 0 atom stereocenters. The van der Waals surface area contributed by atoms with Crippen LogP contribution in [-0.4, -0.2) is 7.11 Å². The van der Waals surface area contributed by atoms with E-state index in [1.807, 2.05) is 31.2 Å². The van der Waals surface area contributed by atoms with Crippen LogP contribution in [0.1, 0.15) is 16.7 Å². The van der Waals surface area contributed by atoms with Gasteiger partial charge in [-0.3, -0.25) is 0 Å². The molecule has 0 spiro atoms. The van der Waals surface area contributed by atoms with E-state index >= 15 is 0 Å². The zero-order valence-corrected chi connectivity index (χ0v) is 12.0. The van der Waals surface area contributed by atoms with Crippen LogP contribution >= 0.6 is 11.6 Å². The SMILES string of the molecule is COCc1cccc(NCc2ccc(C)cc2Cl)c1. The number of rotatable bonds is 5. The molecule has 100 valence electrons. The largest absolute Gasteiger partial charge is 0.381 e. The fraction of sp³-hybridized carbons (Fsp3) is 0.250. The van der Waals surface area contributed by atoms with Crippen molar-refractivity contribution in [2.45, 2.75) is 20.1 Å². The lowest BCUT2D eigenvalue weighted by Crippen LogP contribution is -2.01. The van der Waals surface area contributed by atoms with Gasteiger partial charge in [0.15, 0.2) is 0 Å². The van der Waals surface area contributed by atoms with E-state index in [0.29, 0.717) is 6.61 Å². The summed E-state index contributed by atoms with van der Waals surface area (Å²) in [4.78, 5) is 0. The number of aryl methyl sites for hydroxylation is 1. The van der Waals surface area contributed by atoms with E-state index in [1.54, 1.807) is 7.11 Å². The van der Waals surface area contributed by atoms with Crippen LogP contribution in [0.25, 0.3) is 0 Å². The van der Waals surface area contributed by atoms with Crippen molar-refractivity contribution in [2.24, 2.45) is 0 Å². The van der Waals surface area contributed by atoms with Crippen molar-refractivity contribution in [1.82, 2.24) is 0 Å². The predicted molar refractivity (Wildman–Crippen MR) is 80.7 cm³/mol. The quantitative estimate of drug-likeness (QED) is 0.873. The summed E-state index contributed by atoms with van der Waals surface area (Å²) < 4.78 is 5.13. The minimum atomic E-state index is 0.626. The topological polar surface area (TPSA) is 21.3 Å². The van der Waals surface area contributed by atoms with Crippen molar-refractivity contribution in [2.75, 3.05) is 12.4 Å². The van der Waals surface area contributed by atoms with Gasteiger partial charge in [0.05, 0.1) is 6.61 Å². The minimum Gasteiger partial charge on any atom is -0.381 e. The Kier molecular flexibility index (Phi) is 4.83. The molecule has 0 saturated carbocycles. The number of anilines is 1. The van der Waals surface area contributed by atoms with Crippen molar-refractivity contribution in [3.05, 3.63) is 64.2 Å². The van der Waals surface area contributed by atoms with Crippen LogP contribution < -0.4 is 5.32 Å². The number of methoxy groups -OCH3 is 1. The Balaban J connectivity index is 2.03. The number of benzene rings is 2. The first-order valence-corrected chi connectivity index (χ1v) is 6.63. The molecule has 0 aromatic heterocycles. The predicted octanol–water partition coefficient (Wildman–Crippen LogP) is 4.41. The molecule has 2 aromatic carbocycles. The molecule has 0 aliphatic carbocycles. The molecule has 1 N–H and O–H groups in total. The second kappa shape index (κ2) is 6.60. The molecule has 0 aliphatic rings. The van der Waals surface area contributed by atoms with Crippen molar-refractivity contribution in [3.63, 3.8) is 0 Å². The Morgan fingerprint density at radius 1 is 1.16 bits per heavy atom. The Morgan fingerprint density at radius 2 is 2.00 bits per heavy atom. The maximum absolute atomic E-state index is 6.22. The van der Waals surface area contributed by atoms with Gasteiger partial charge >= 0.3 is 0 Å². The van der Waals surface area contributed by atoms with E-state index in [4.69, 9.17) is 16.3 Å². The molecule has 0 fully saturated rings. The normalized spacial score (nSPS) is 10.5. The second-order valence-electron chi connectivity index (χ2n) is 4.58. The van der Waals surface area contributed by atoms with Crippen LogP contribution in [0.5, 0.6) is 0 Å². The zero-order valence-electron chi connectivity index (χ0n) is 11.2. The molecule has 2 rings (SSSR count). The van der Waals surface area contributed by atoms with Gasteiger partial charge in [-0.25, -0.2) is 0 Å². The lowest BCUT2D eigenvalue weighted by molar-refractivity contribution is 0.185. The molecule has 19 heavy (non-hydrogen) atoms. The number of hydrogen-bond donors (Lipinski definition) is 1. The first-order chi connectivity index (χ1) is 9.19. The van der Waals surface area contributed by atoms with Gasteiger partial charge in [0.25, 0.3) is 0 Å². The third-order valence-electron chi connectivity index (χ3n) is 2.93. The first-order valence-electron chi connectivity index (χ1n) is 6.26. The van der Waals surface area contributed by atoms with E-state index in [9.17, 15) is 0 Å². The van der Waals surface area contributed by atoms with Crippen molar-refractivity contribution >= 4 is 17.3 Å². The van der Waals surface area contributed by atoms with Crippen LogP contribution in [0.15, 0.2) is 42.5 Å². The van der Waals surface area contributed by atoms with Gasteiger partial charge in [0.1, 0.15) is 0 Å². The van der Waals surface area contributed by atoms with Gasteiger partial charge in [-0.1, -0.05) is 35.9 Å². The van der Waals surface area contributed by atoms with Gasteiger partial charge in [-0.15, -0.1) is 0 Å². The summed E-state index contributed by atoms with van der Waals surface area (Å²) in [6.07, 6.45) is 0. The number of halogens is 1. The van der Waals surface area contributed by atoms with Gasteiger partial charge in [-0.05, 0) is 41.8 Å². The monoisotopic (exact) mass is 275 g/mol. The molecule has 0 aliphatic heterocycles. The third-order valence-corrected chi connectivity index (χ3v) is 3.28. The summed E-state index contributed by atoms with van der Waals surface area (Å²) in [7, 11) is 1.70. The smallest absolute Gasteiger partial charge is 0.0713 e. The summed E-state index contributed by atoms with van der Waals surface area (Å²) in [6.45, 7) is 3.38. The third kappa shape index (κ3) is 3.98. The van der Waals surface area contributed by atoms with E-state index in [0.717, 1.165) is 28.4 Å². The van der Waals surface area contributed by atoms with Gasteiger partial charge in [0, 0.05) is 24.4 Å². The maximum Gasteiger partial charge on any atom is 0.0713 e. The fourth-order valence-electron chi connectivity index (χ4n) is 1.93. The molecule has 0 radical (unpaired) electrons. The molecule has 0 bridgehead atoms. The van der Waals surface area contributed by atoms with E-state index in [-0.39, 0.29) is 0 Å². The van der Waals surface area contributed by atoms with Crippen LogP contribution in [0.3, 0.4) is 0 Å². The van der Waals surface area contributed by atoms with Crippen molar-refractivity contribution < 1.29 is 4.74 Å². The highest BCUT2D eigenvalue weighted by molar-refractivity contribution is 6.31. The van der Waals surface area contributed by atoms with Crippen LogP contribution in [0, 0.1) is 6.92 Å². The van der Waals surface area contributed by atoms with Gasteiger partial charge in [-0.2, -0.15) is 0 Å². The molecule has 0 unspecified atom stereocenters. The van der Waals surface area contributed by atoms with Crippen LogP contribution in [0.4, 0.5) is 5.69 Å². The van der Waals surface area contributed by atoms with Crippen LogP contribution in [-0.2, 0) is 17.9 Å². The molecule has 0 saturated heterocycles. The number of hydrogen-bond acceptors (Lipinski definition) is 2. The zero-order chi connectivity index (χ0) is 13.7. The molecule has 3 heteroatoms. The van der Waals surface area contributed by atoms with Crippen LogP contribution in [0.2, 0.25) is 5.02 Å². The molecule has 0 heterocycles. The van der Waals surface area contributed by atoms with E-state index in [2.05, 4.69) is 23.5 Å². The minimum absolute atomic E-state index is 0.626. The van der Waals surface area contributed by atoms with E-state index in [1.165, 1.54) is 5.56 Å². The molecular formula is C16H18ClNO. The lowest BCUT2D eigenvalue weighted by Gasteiger charge is -2.10. The van der Waals surface area contributed by atoms with Crippen molar-refractivity contribution in [3.8, 4) is 0 Å². The van der Waals surface area contributed by atoms with Gasteiger partial charge < -0.3 is 10.1 Å². The highest BCUT2D eigenvalue weighted by atomic mass is 35.5. The highest BCUT2D eigenvalue weighted by Crippen LogP contribution is 2.19. The molecule has 2 aromatic rings. The Morgan fingerprint density at radius 3 is 2.74 bits per heavy atom. The molecule has 0 amide bonds. The number of ether oxygens (including phenoxy) is 1. The second-order valence-corrected chi connectivity index (χ2v) is 4.99. The standard InChI is InChI=1S/C16H18ClNO/c1-12-6-7-14(16(17)8-12)10-18-15-5-3-4-13(9-15)11-19-2/h3-9,18H,10-11H2,1-2H3. The average Bonchev–Trinajstić information content (AvgIpc) is 2.38.